The van der Waals surface area contributed by atoms with E-state index in [9.17, 15) is 0 Å². The summed E-state index contributed by atoms with van der Waals surface area (Å²) < 4.78 is 1.71. The summed E-state index contributed by atoms with van der Waals surface area (Å²) in [5.74, 6) is 0.647. The standard InChI is InChI=1S/C15H18N6S/c1-20(2)14(12-8-9-22-11-12)10-16-15-17-18-19-21(15)13-6-4-3-5-7-13/h3-9,11,14H,10H2,1-2H3,(H,16,17,19)/t14-/m0/s1. The van der Waals surface area contributed by atoms with Crippen LogP contribution in [0.1, 0.15) is 11.6 Å². The molecule has 0 fully saturated rings. The van der Waals surface area contributed by atoms with Gasteiger partial charge in [0.2, 0.25) is 5.95 Å². The van der Waals surface area contributed by atoms with E-state index in [4.69, 9.17) is 0 Å². The van der Waals surface area contributed by atoms with Gasteiger partial charge >= 0.3 is 0 Å². The van der Waals surface area contributed by atoms with E-state index >= 15 is 0 Å². The normalized spacial score (nSPS) is 12.5. The number of thiophene rings is 1. The van der Waals surface area contributed by atoms with Gasteiger partial charge in [0.25, 0.3) is 0 Å². The first-order valence-corrected chi connectivity index (χ1v) is 7.96. The number of tetrazole rings is 1. The molecule has 1 atom stereocenters. The van der Waals surface area contributed by atoms with Crippen molar-refractivity contribution in [2.24, 2.45) is 0 Å². The van der Waals surface area contributed by atoms with Crippen LogP contribution < -0.4 is 5.32 Å². The molecule has 114 valence electrons. The van der Waals surface area contributed by atoms with Crippen molar-refractivity contribution in [2.75, 3.05) is 26.0 Å². The van der Waals surface area contributed by atoms with E-state index in [2.05, 4.69) is 56.7 Å². The molecule has 6 nitrogen and oxygen atoms in total. The second-order valence-electron chi connectivity index (χ2n) is 5.17. The predicted molar refractivity (Wildman–Crippen MR) is 88.4 cm³/mol. The van der Waals surface area contributed by atoms with Crippen molar-refractivity contribution in [1.82, 2.24) is 25.1 Å². The number of hydrogen-bond donors (Lipinski definition) is 1. The fraction of sp³-hybridized carbons (Fsp3) is 0.267. The number of anilines is 1. The van der Waals surface area contributed by atoms with E-state index in [0.29, 0.717) is 5.95 Å². The molecule has 1 aromatic carbocycles. The number of nitrogens with zero attached hydrogens (tertiary/aromatic N) is 5. The van der Waals surface area contributed by atoms with Gasteiger partial charge in [0, 0.05) is 6.54 Å². The Morgan fingerprint density at radius 2 is 2.05 bits per heavy atom. The Bertz CT molecular complexity index is 692. The Kier molecular flexibility index (Phi) is 4.45. The summed E-state index contributed by atoms with van der Waals surface area (Å²) in [7, 11) is 4.15. The first-order chi connectivity index (χ1) is 10.8. The fourth-order valence-electron chi connectivity index (χ4n) is 2.29. The van der Waals surface area contributed by atoms with E-state index in [0.717, 1.165) is 12.2 Å². The maximum Gasteiger partial charge on any atom is 0.247 e. The number of benzene rings is 1. The molecule has 0 amide bonds. The minimum atomic E-state index is 0.271. The average molecular weight is 314 g/mol. The van der Waals surface area contributed by atoms with Gasteiger partial charge in [-0.1, -0.05) is 23.3 Å². The molecule has 0 aliphatic carbocycles. The summed E-state index contributed by atoms with van der Waals surface area (Å²) in [5.41, 5.74) is 2.23. The molecule has 22 heavy (non-hydrogen) atoms. The first-order valence-electron chi connectivity index (χ1n) is 7.02. The summed E-state index contributed by atoms with van der Waals surface area (Å²) in [4.78, 5) is 2.19. The van der Waals surface area contributed by atoms with Gasteiger partial charge in [0.1, 0.15) is 0 Å². The second-order valence-corrected chi connectivity index (χ2v) is 5.95. The zero-order chi connectivity index (χ0) is 15.4. The highest BCUT2D eigenvalue weighted by atomic mass is 32.1. The monoisotopic (exact) mass is 314 g/mol. The van der Waals surface area contributed by atoms with Crippen LogP contribution >= 0.6 is 11.3 Å². The lowest BCUT2D eigenvalue weighted by Crippen LogP contribution is -2.27. The number of rotatable bonds is 6. The Morgan fingerprint density at radius 3 is 2.73 bits per heavy atom. The van der Waals surface area contributed by atoms with Crippen molar-refractivity contribution >= 4 is 17.3 Å². The predicted octanol–water partition coefficient (Wildman–Crippen LogP) is 2.44. The molecule has 0 unspecified atom stereocenters. The van der Waals surface area contributed by atoms with Crippen molar-refractivity contribution < 1.29 is 0 Å². The molecule has 1 N–H and O–H groups in total. The van der Waals surface area contributed by atoms with E-state index in [1.165, 1.54) is 5.56 Å². The lowest BCUT2D eigenvalue weighted by molar-refractivity contribution is 0.312. The van der Waals surface area contributed by atoms with Gasteiger partial charge in [-0.3, -0.25) is 0 Å². The van der Waals surface area contributed by atoms with Gasteiger partial charge in [0.05, 0.1) is 11.7 Å². The van der Waals surface area contributed by atoms with Crippen LogP contribution in [0.2, 0.25) is 0 Å². The number of hydrogen-bond acceptors (Lipinski definition) is 6. The zero-order valence-electron chi connectivity index (χ0n) is 12.5. The molecule has 0 radical (unpaired) electrons. The molecule has 0 spiro atoms. The van der Waals surface area contributed by atoms with Gasteiger partial charge in [0.15, 0.2) is 0 Å². The molecule has 0 bridgehead atoms. The average Bonchev–Trinajstić information content (AvgIpc) is 3.19. The first kappa shape index (κ1) is 14.7. The lowest BCUT2D eigenvalue weighted by atomic mass is 10.1. The van der Waals surface area contributed by atoms with Gasteiger partial charge in [-0.2, -0.15) is 16.0 Å². The van der Waals surface area contributed by atoms with Gasteiger partial charge in [-0.25, -0.2) is 0 Å². The van der Waals surface area contributed by atoms with Crippen molar-refractivity contribution in [3.05, 3.63) is 52.7 Å². The number of nitrogens with one attached hydrogen (secondary N) is 1. The van der Waals surface area contributed by atoms with Crippen LogP contribution in [0.25, 0.3) is 5.69 Å². The molecule has 0 aliphatic rings. The van der Waals surface area contributed by atoms with Crippen LogP contribution in [0.4, 0.5) is 5.95 Å². The highest BCUT2D eigenvalue weighted by molar-refractivity contribution is 7.07. The van der Waals surface area contributed by atoms with Crippen LogP contribution in [-0.4, -0.2) is 45.7 Å². The minimum absolute atomic E-state index is 0.271. The largest absolute Gasteiger partial charge is 0.351 e. The van der Waals surface area contributed by atoms with Crippen LogP contribution in [-0.2, 0) is 0 Å². The Labute approximate surface area is 133 Å². The summed E-state index contributed by atoms with van der Waals surface area (Å²) in [6.45, 7) is 0.733. The summed E-state index contributed by atoms with van der Waals surface area (Å²) in [5, 5.41) is 19.5. The zero-order valence-corrected chi connectivity index (χ0v) is 13.4. The molecule has 0 aliphatic heterocycles. The van der Waals surface area contributed by atoms with Crippen molar-refractivity contribution in [3.63, 3.8) is 0 Å². The minimum Gasteiger partial charge on any atom is -0.351 e. The molecule has 3 rings (SSSR count). The van der Waals surface area contributed by atoms with Gasteiger partial charge in [-0.05, 0) is 59.0 Å². The molecule has 0 saturated heterocycles. The van der Waals surface area contributed by atoms with Gasteiger partial charge < -0.3 is 10.2 Å². The molecule has 2 heterocycles. The van der Waals surface area contributed by atoms with Crippen molar-refractivity contribution in [3.8, 4) is 5.69 Å². The van der Waals surface area contributed by atoms with E-state index in [-0.39, 0.29) is 6.04 Å². The fourth-order valence-corrected chi connectivity index (χ4v) is 3.00. The Balaban J connectivity index is 1.76. The van der Waals surface area contributed by atoms with E-state index in [1.807, 2.05) is 30.3 Å². The SMILES string of the molecule is CN(C)[C@@H](CNc1nnnn1-c1ccccc1)c1ccsc1. The molecule has 7 heteroatoms. The Hall–Kier alpha value is -2.25. The second kappa shape index (κ2) is 6.67. The highest BCUT2D eigenvalue weighted by Crippen LogP contribution is 2.21. The van der Waals surface area contributed by atoms with Crippen LogP contribution in [0.15, 0.2) is 47.2 Å². The number of aromatic nitrogens is 4. The maximum absolute atomic E-state index is 4.08. The smallest absolute Gasteiger partial charge is 0.247 e. The third-order valence-electron chi connectivity index (χ3n) is 3.48. The molecular weight excluding hydrogens is 296 g/mol. The highest BCUT2D eigenvalue weighted by Gasteiger charge is 2.16. The van der Waals surface area contributed by atoms with Crippen LogP contribution in [0.3, 0.4) is 0 Å². The topological polar surface area (TPSA) is 58.9 Å². The molecule has 0 saturated carbocycles. The van der Waals surface area contributed by atoms with Crippen molar-refractivity contribution in [1.29, 1.82) is 0 Å². The van der Waals surface area contributed by atoms with Crippen LogP contribution in [0, 0.1) is 0 Å². The molecular formula is C15H18N6S. The Morgan fingerprint density at radius 1 is 1.23 bits per heavy atom. The third kappa shape index (κ3) is 3.15. The number of para-hydroxylation sites is 1. The maximum atomic E-state index is 4.08. The van der Waals surface area contributed by atoms with E-state index in [1.54, 1.807) is 16.0 Å². The summed E-state index contributed by atoms with van der Waals surface area (Å²) in [6, 6.07) is 12.3. The number of likely N-dealkylation sites (N-methyl/N-ethyl adjacent to an activating group) is 1. The third-order valence-corrected chi connectivity index (χ3v) is 4.18. The van der Waals surface area contributed by atoms with Crippen LogP contribution in [0.5, 0.6) is 0 Å². The quantitative estimate of drug-likeness (QED) is 0.757. The molecule has 2 aromatic heterocycles. The summed E-state index contributed by atoms with van der Waals surface area (Å²) in [6.07, 6.45) is 0. The van der Waals surface area contributed by atoms with Crippen molar-refractivity contribution in [2.45, 2.75) is 6.04 Å². The van der Waals surface area contributed by atoms with E-state index < -0.39 is 0 Å². The lowest BCUT2D eigenvalue weighted by Gasteiger charge is -2.24. The molecule has 3 aromatic rings. The van der Waals surface area contributed by atoms with Gasteiger partial charge in [-0.15, -0.1) is 0 Å². The summed E-state index contributed by atoms with van der Waals surface area (Å²) >= 11 is 1.71.